The number of aliphatic hydroxyl groups is 1. The van der Waals surface area contributed by atoms with E-state index >= 15 is 0 Å². The van der Waals surface area contributed by atoms with Crippen LogP contribution in [0.1, 0.15) is 25.7 Å². The number of carbonyl (C=O) groups excluding carboxylic acids is 4. The summed E-state index contributed by atoms with van der Waals surface area (Å²) >= 11 is 1.40. The Hall–Kier alpha value is -3.11. The zero-order valence-corrected chi connectivity index (χ0v) is 19.7. The summed E-state index contributed by atoms with van der Waals surface area (Å²) in [6, 6.07) is -5.24. The van der Waals surface area contributed by atoms with Gasteiger partial charge >= 0.3 is 5.97 Å². The number of hydrogen-bond donors (Lipinski definition) is 9. The first-order chi connectivity index (χ1) is 15.9. The van der Waals surface area contributed by atoms with Crippen molar-refractivity contribution in [2.75, 3.05) is 25.2 Å². The molecule has 0 bridgehead atoms. The number of nitrogens with one attached hydrogen (secondary N) is 3. The number of amides is 4. The van der Waals surface area contributed by atoms with Crippen LogP contribution in [-0.2, 0) is 24.0 Å². The number of aliphatic carboxylic acids is 1. The summed E-state index contributed by atoms with van der Waals surface area (Å²) in [4.78, 5) is 63.6. The summed E-state index contributed by atoms with van der Waals surface area (Å²) in [7, 11) is 0. The fourth-order valence-corrected chi connectivity index (χ4v) is 3.06. The molecule has 0 saturated heterocycles. The largest absolute Gasteiger partial charge is 0.480 e. The molecule has 194 valence electrons. The van der Waals surface area contributed by atoms with E-state index in [1.165, 1.54) is 11.8 Å². The van der Waals surface area contributed by atoms with Crippen LogP contribution < -0.4 is 38.9 Å². The van der Waals surface area contributed by atoms with Crippen LogP contribution in [0.4, 0.5) is 0 Å². The first-order valence-corrected chi connectivity index (χ1v) is 11.6. The van der Waals surface area contributed by atoms with E-state index in [9.17, 15) is 34.2 Å². The van der Waals surface area contributed by atoms with E-state index in [-0.39, 0.29) is 31.8 Å². The fourth-order valence-electron chi connectivity index (χ4n) is 2.59. The third-order valence-corrected chi connectivity index (χ3v) is 5.02. The lowest BCUT2D eigenvalue weighted by molar-refractivity contribution is -0.142. The summed E-state index contributed by atoms with van der Waals surface area (Å²) in [6.07, 6.45) is 1.74. The first kappa shape index (κ1) is 30.9. The molecule has 4 atom stereocenters. The molecule has 0 saturated carbocycles. The molecular formula is C18H34N8O7S. The maximum absolute atomic E-state index is 12.7. The van der Waals surface area contributed by atoms with Gasteiger partial charge in [0.25, 0.3) is 0 Å². The SMILES string of the molecule is CSCCC(NC(=O)C(CCCN=C(N)N)NC(=O)C(CO)NC(=O)C(N)CC(N)=O)C(=O)O. The first-order valence-electron chi connectivity index (χ1n) is 10.3. The Kier molecular flexibility index (Phi) is 15.0. The van der Waals surface area contributed by atoms with Crippen molar-refractivity contribution in [3.05, 3.63) is 0 Å². The van der Waals surface area contributed by atoms with E-state index < -0.39 is 66.8 Å². The molecule has 0 rings (SSSR count). The summed E-state index contributed by atoms with van der Waals surface area (Å²) in [5.41, 5.74) is 21.0. The lowest BCUT2D eigenvalue weighted by Crippen LogP contribution is -2.58. The highest BCUT2D eigenvalue weighted by atomic mass is 32.2. The number of rotatable bonds is 17. The molecule has 0 aliphatic carbocycles. The number of aliphatic imine (C=N–C) groups is 1. The highest BCUT2D eigenvalue weighted by Gasteiger charge is 2.30. The van der Waals surface area contributed by atoms with Gasteiger partial charge in [-0.3, -0.25) is 24.2 Å². The van der Waals surface area contributed by atoms with Crippen LogP contribution in [0.2, 0.25) is 0 Å². The number of nitrogens with two attached hydrogens (primary N) is 4. The molecule has 0 heterocycles. The Morgan fingerprint density at radius 2 is 1.47 bits per heavy atom. The molecule has 0 aromatic carbocycles. The maximum Gasteiger partial charge on any atom is 0.326 e. The van der Waals surface area contributed by atoms with E-state index in [0.717, 1.165) is 0 Å². The number of primary amides is 1. The highest BCUT2D eigenvalue weighted by Crippen LogP contribution is 2.05. The van der Waals surface area contributed by atoms with Gasteiger partial charge in [-0.25, -0.2) is 4.79 Å². The second-order valence-corrected chi connectivity index (χ2v) is 8.20. The molecule has 34 heavy (non-hydrogen) atoms. The smallest absolute Gasteiger partial charge is 0.326 e. The van der Waals surface area contributed by atoms with Crippen LogP contribution in [0.15, 0.2) is 4.99 Å². The van der Waals surface area contributed by atoms with Crippen LogP contribution in [0.25, 0.3) is 0 Å². The molecule has 15 nitrogen and oxygen atoms in total. The zero-order valence-electron chi connectivity index (χ0n) is 18.9. The number of thioether (sulfide) groups is 1. The standard InChI is InChI=1S/C18H34N8O7S/c1-34-6-4-11(17(32)33)25-15(30)10(3-2-5-23-18(21)22)24-16(31)12(8-27)26-14(29)9(19)7-13(20)28/h9-12,27H,2-8,19H2,1H3,(H2,20,28)(H,24,31)(H,25,30)(H,26,29)(H,32,33)(H4,21,22,23). The molecule has 0 spiro atoms. The lowest BCUT2D eigenvalue weighted by atomic mass is 10.1. The van der Waals surface area contributed by atoms with Gasteiger partial charge in [0.15, 0.2) is 5.96 Å². The Morgan fingerprint density at radius 1 is 0.912 bits per heavy atom. The molecule has 0 aromatic rings. The van der Waals surface area contributed by atoms with Gasteiger partial charge in [0.2, 0.25) is 23.6 Å². The Balaban J connectivity index is 5.38. The second kappa shape index (κ2) is 16.5. The van der Waals surface area contributed by atoms with Crippen LogP contribution in [0.5, 0.6) is 0 Å². The summed E-state index contributed by atoms with van der Waals surface area (Å²) in [5.74, 6) is -4.38. The van der Waals surface area contributed by atoms with E-state index in [1.54, 1.807) is 6.26 Å². The lowest BCUT2D eigenvalue weighted by Gasteiger charge is -2.24. The molecule has 4 amide bonds. The van der Waals surface area contributed by atoms with Crippen molar-refractivity contribution in [1.82, 2.24) is 16.0 Å². The third kappa shape index (κ3) is 12.8. The molecule has 13 N–H and O–H groups in total. The van der Waals surface area contributed by atoms with Crippen molar-refractivity contribution in [2.45, 2.75) is 49.9 Å². The van der Waals surface area contributed by atoms with Crippen LogP contribution in [0.3, 0.4) is 0 Å². The van der Waals surface area contributed by atoms with E-state index in [1.807, 2.05) is 0 Å². The van der Waals surface area contributed by atoms with E-state index in [4.69, 9.17) is 22.9 Å². The minimum Gasteiger partial charge on any atom is -0.480 e. The summed E-state index contributed by atoms with van der Waals surface area (Å²) < 4.78 is 0. The summed E-state index contributed by atoms with van der Waals surface area (Å²) in [5, 5.41) is 25.8. The zero-order chi connectivity index (χ0) is 26.3. The van der Waals surface area contributed by atoms with Crippen molar-refractivity contribution >= 4 is 47.3 Å². The molecule has 4 unspecified atom stereocenters. The van der Waals surface area contributed by atoms with Crippen molar-refractivity contribution in [1.29, 1.82) is 0 Å². The monoisotopic (exact) mass is 506 g/mol. The van der Waals surface area contributed by atoms with Crippen molar-refractivity contribution in [3.63, 3.8) is 0 Å². The third-order valence-electron chi connectivity index (χ3n) is 4.38. The molecule has 16 heteroatoms. The second-order valence-electron chi connectivity index (χ2n) is 7.21. The average Bonchev–Trinajstić information content (AvgIpc) is 2.75. The van der Waals surface area contributed by atoms with Crippen molar-refractivity contribution in [3.8, 4) is 0 Å². The number of carbonyl (C=O) groups is 5. The van der Waals surface area contributed by atoms with Crippen LogP contribution >= 0.6 is 11.8 Å². The normalized spacial score (nSPS) is 14.1. The predicted molar refractivity (Wildman–Crippen MR) is 125 cm³/mol. The minimum absolute atomic E-state index is 0.0243. The number of guanidine groups is 1. The Bertz CT molecular complexity index is 748. The number of nitrogens with zero attached hydrogens (tertiary/aromatic N) is 1. The van der Waals surface area contributed by atoms with Gasteiger partial charge in [0, 0.05) is 6.54 Å². The van der Waals surface area contributed by atoms with Gasteiger partial charge in [-0.05, 0) is 31.3 Å². The minimum atomic E-state index is -1.49. The van der Waals surface area contributed by atoms with Gasteiger partial charge in [0.1, 0.15) is 18.1 Å². The number of aliphatic hydroxyl groups excluding tert-OH is 1. The Morgan fingerprint density at radius 3 is 1.97 bits per heavy atom. The van der Waals surface area contributed by atoms with Crippen LogP contribution in [-0.4, -0.2) is 95.1 Å². The van der Waals surface area contributed by atoms with Gasteiger partial charge < -0.3 is 49.1 Å². The quantitative estimate of drug-likeness (QED) is 0.0515. The Labute approximate surface area is 200 Å². The molecule has 0 aromatic heterocycles. The number of hydrogen-bond acceptors (Lipinski definition) is 9. The van der Waals surface area contributed by atoms with Crippen LogP contribution in [0, 0.1) is 0 Å². The van der Waals surface area contributed by atoms with Crippen molar-refractivity contribution < 1.29 is 34.2 Å². The average molecular weight is 507 g/mol. The molecular weight excluding hydrogens is 472 g/mol. The summed E-state index contributed by atoms with van der Waals surface area (Å²) in [6.45, 7) is -0.701. The number of carboxylic acids is 1. The van der Waals surface area contributed by atoms with E-state index in [0.29, 0.717) is 5.75 Å². The van der Waals surface area contributed by atoms with E-state index in [2.05, 4.69) is 20.9 Å². The fraction of sp³-hybridized carbons (Fsp3) is 0.667. The number of carboxylic acid groups (broad SMARTS) is 1. The molecule has 0 aliphatic heterocycles. The van der Waals surface area contributed by atoms with Gasteiger partial charge in [-0.2, -0.15) is 11.8 Å². The van der Waals surface area contributed by atoms with Gasteiger partial charge in [-0.15, -0.1) is 0 Å². The van der Waals surface area contributed by atoms with Gasteiger partial charge in [0.05, 0.1) is 19.1 Å². The molecule has 0 fully saturated rings. The van der Waals surface area contributed by atoms with Gasteiger partial charge in [-0.1, -0.05) is 0 Å². The highest BCUT2D eigenvalue weighted by molar-refractivity contribution is 7.98. The van der Waals surface area contributed by atoms with Crippen molar-refractivity contribution in [2.24, 2.45) is 27.9 Å². The topological polar surface area (TPSA) is 278 Å². The molecule has 0 aliphatic rings. The maximum atomic E-state index is 12.7. The predicted octanol–water partition coefficient (Wildman–Crippen LogP) is -4.47. The molecule has 0 radical (unpaired) electrons.